The van der Waals surface area contributed by atoms with E-state index < -0.39 is 0 Å². The van der Waals surface area contributed by atoms with E-state index in [9.17, 15) is 0 Å². The van der Waals surface area contributed by atoms with Crippen molar-refractivity contribution < 1.29 is 9.47 Å². The molecule has 4 heteroatoms. The zero-order valence-corrected chi connectivity index (χ0v) is 11.2. The van der Waals surface area contributed by atoms with Gasteiger partial charge in [-0.05, 0) is 43.5 Å². The Morgan fingerprint density at radius 1 is 1.41 bits per heavy atom. The van der Waals surface area contributed by atoms with E-state index in [2.05, 4.69) is 0 Å². The molecule has 1 aromatic rings. The van der Waals surface area contributed by atoms with Crippen molar-refractivity contribution in [3.63, 3.8) is 0 Å². The van der Waals surface area contributed by atoms with Crippen LogP contribution in [0.2, 0.25) is 5.02 Å². The minimum Gasteiger partial charge on any atom is -0.496 e. The van der Waals surface area contributed by atoms with Gasteiger partial charge in [0.25, 0.3) is 0 Å². The number of benzene rings is 1. The Morgan fingerprint density at radius 3 is 2.82 bits per heavy atom. The number of nitrogens with two attached hydrogens (primary N) is 1. The van der Waals surface area contributed by atoms with E-state index in [0.29, 0.717) is 11.6 Å². The zero-order valence-electron chi connectivity index (χ0n) is 10.4. The lowest BCUT2D eigenvalue weighted by Crippen LogP contribution is -2.24. The van der Waals surface area contributed by atoms with Crippen LogP contribution >= 0.6 is 11.6 Å². The van der Waals surface area contributed by atoms with Crippen LogP contribution in [-0.2, 0) is 11.2 Å². The Labute approximate surface area is 108 Å². The summed E-state index contributed by atoms with van der Waals surface area (Å²) in [6.07, 6.45) is 1.58. The Bertz CT molecular complexity index is 344. The molecule has 96 valence electrons. The lowest BCUT2D eigenvalue weighted by molar-refractivity contribution is 0.140. The van der Waals surface area contributed by atoms with Crippen LogP contribution in [0.15, 0.2) is 18.2 Å². The van der Waals surface area contributed by atoms with E-state index in [1.807, 2.05) is 25.1 Å². The first-order valence-electron chi connectivity index (χ1n) is 5.83. The zero-order chi connectivity index (χ0) is 12.7. The number of hydrogen-bond donors (Lipinski definition) is 1. The van der Waals surface area contributed by atoms with E-state index in [1.54, 1.807) is 7.11 Å². The van der Waals surface area contributed by atoms with Gasteiger partial charge in [-0.15, -0.1) is 0 Å². The Kier molecular flexibility index (Phi) is 6.34. The fraction of sp³-hybridized carbons (Fsp3) is 0.538. The van der Waals surface area contributed by atoms with Crippen molar-refractivity contribution in [3.05, 3.63) is 28.8 Å². The minimum atomic E-state index is 0.0638. The molecule has 1 rings (SSSR count). The lowest BCUT2D eigenvalue weighted by Gasteiger charge is -2.14. The van der Waals surface area contributed by atoms with Crippen molar-refractivity contribution in [2.45, 2.75) is 25.8 Å². The van der Waals surface area contributed by atoms with Crippen LogP contribution in [0, 0.1) is 0 Å². The molecule has 0 aliphatic carbocycles. The standard InChI is InChI=1S/C13H20ClNO2/c1-3-17-7-6-12(15)9-10-8-11(14)4-5-13(10)16-2/h4-5,8,12H,3,6-7,9,15H2,1-2H3. The highest BCUT2D eigenvalue weighted by Crippen LogP contribution is 2.23. The highest BCUT2D eigenvalue weighted by atomic mass is 35.5. The monoisotopic (exact) mass is 257 g/mol. The molecule has 0 saturated heterocycles. The van der Waals surface area contributed by atoms with Crippen LogP contribution in [0.4, 0.5) is 0 Å². The average Bonchev–Trinajstić information content (AvgIpc) is 2.29. The van der Waals surface area contributed by atoms with E-state index in [1.165, 1.54) is 0 Å². The Hall–Kier alpha value is -0.770. The fourth-order valence-corrected chi connectivity index (χ4v) is 1.86. The van der Waals surface area contributed by atoms with Crippen LogP contribution < -0.4 is 10.5 Å². The summed E-state index contributed by atoms with van der Waals surface area (Å²) in [6, 6.07) is 5.65. The molecule has 0 aromatic heterocycles. The second kappa shape index (κ2) is 7.54. The van der Waals surface area contributed by atoms with Crippen molar-refractivity contribution in [1.82, 2.24) is 0 Å². The highest BCUT2D eigenvalue weighted by Gasteiger charge is 2.09. The molecule has 0 spiro atoms. The predicted molar refractivity (Wildman–Crippen MR) is 70.8 cm³/mol. The molecule has 0 fully saturated rings. The van der Waals surface area contributed by atoms with Gasteiger partial charge >= 0.3 is 0 Å². The van der Waals surface area contributed by atoms with Crippen LogP contribution in [0.3, 0.4) is 0 Å². The van der Waals surface area contributed by atoms with Gasteiger partial charge in [0.15, 0.2) is 0 Å². The van der Waals surface area contributed by atoms with Crippen molar-refractivity contribution in [3.8, 4) is 5.75 Å². The first kappa shape index (κ1) is 14.3. The van der Waals surface area contributed by atoms with Crippen molar-refractivity contribution in [1.29, 1.82) is 0 Å². The first-order valence-corrected chi connectivity index (χ1v) is 6.21. The third kappa shape index (κ3) is 4.94. The van der Waals surface area contributed by atoms with Crippen LogP contribution in [-0.4, -0.2) is 26.4 Å². The molecular formula is C13H20ClNO2. The maximum absolute atomic E-state index is 6.04. The largest absolute Gasteiger partial charge is 0.496 e. The van der Waals surface area contributed by atoms with Crippen molar-refractivity contribution in [2.75, 3.05) is 20.3 Å². The molecule has 1 atom stereocenters. The van der Waals surface area contributed by atoms with Crippen LogP contribution in [0.5, 0.6) is 5.75 Å². The van der Waals surface area contributed by atoms with E-state index in [-0.39, 0.29) is 6.04 Å². The number of ether oxygens (including phenoxy) is 2. The normalized spacial score (nSPS) is 12.5. The van der Waals surface area contributed by atoms with Gasteiger partial charge in [0.2, 0.25) is 0 Å². The van der Waals surface area contributed by atoms with Gasteiger partial charge < -0.3 is 15.2 Å². The van der Waals surface area contributed by atoms with E-state index in [4.69, 9.17) is 26.8 Å². The molecule has 1 unspecified atom stereocenters. The van der Waals surface area contributed by atoms with E-state index >= 15 is 0 Å². The fourth-order valence-electron chi connectivity index (χ4n) is 1.67. The van der Waals surface area contributed by atoms with Gasteiger partial charge in [0.1, 0.15) is 5.75 Å². The summed E-state index contributed by atoms with van der Waals surface area (Å²) >= 11 is 5.96. The Balaban J connectivity index is 2.57. The number of hydrogen-bond acceptors (Lipinski definition) is 3. The summed E-state index contributed by atoms with van der Waals surface area (Å²) in [5.41, 5.74) is 7.09. The van der Waals surface area contributed by atoms with Gasteiger partial charge in [-0.1, -0.05) is 11.6 Å². The lowest BCUT2D eigenvalue weighted by atomic mass is 10.0. The molecule has 0 aliphatic rings. The molecule has 3 nitrogen and oxygen atoms in total. The van der Waals surface area contributed by atoms with Crippen LogP contribution in [0.1, 0.15) is 18.9 Å². The van der Waals surface area contributed by atoms with Gasteiger partial charge in [-0.3, -0.25) is 0 Å². The molecular weight excluding hydrogens is 238 g/mol. The van der Waals surface area contributed by atoms with Crippen molar-refractivity contribution >= 4 is 11.6 Å². The Morgan fingerprint density at radius 2 is 2.18 bits per heavy atom. The maximum atomic E-state index is 6.04. The predicted octanol–water partition coefficient (Wildman–Crippen LogP) is 2.65. The second-order valence-corrected chi connectivity index (χ2v) is 4.34. The van der Waals surface area contributed by atoms with Crippen molar-refractivity contribution in [2.24, 2.45) is 5.73 Å². The van der Waals surface area contributed by atoms with E-state index in [0.717, 1.165) is 30.8 Å². The molecule has 0 bridgehead atoms. The smallest absolute Gasteiger partial charge is 0.122 e. The molecule has 0 heterocycles. The average molecular weight is 258 g/mol. The maximum Gasteiger partial charge on any atom is 0.122 e. The molecule has 0 amide bonds. The molecule has 1 aromatic carbocycles. The third-order valence-corrected chi connectivity index (χ3v) is 2.80. The molecule has 0 aliphatic heterocycles. The summed E-state index contributed by atoms with van der Waals surface area (Å²) in [4.78, 5) is 0. The minimum absolute atomic E-state index is 0.0638. The van der Waals surface area contributed by atoms with Gasteiger partial charge in [0.05, 0.1) is 7.11 Å². The summed E-state index contributed by atoms with van der Waals surface area (Å²) in [6.45, 7) is 3.40. The summed E-state index contributed by atoms with van der Waals surface area (Å²) in [5.74, 6) is 0.834. The summed E-state index contributed by atoms with van der Waals surface area (Å²) in [5, 5.41) is 0.706. The van der Waals surface area contributed by atoms with Gasteiger partial charge in [-0.25, -0.2) is 0 Å². The topological polar surface area (TPSA) is 44.5 Å². The van der Waals surface area contributed by atoms with Gasteiger partial charge in [-0.2, -0.15) is 0 Å². The molecule has 0 radical (unpaired) electrons. The second-order valence-electron chi connectivity index (χ2n) is 3.91. The quantitative estimate of drug-likeness (QED) is 0.764. The summed E-state index contributed by atoms with van der Waals surface area (Å²) in [7, 11) is 1.65. The van der Waals surface area contributed by atoms with Crippen LogP contribution in [0.25, 0.3) is 0 Å². The van der Waals surface area contributed by atoms with Gasteiger partial charge in [0, 0.05) is 24.3 Å². The molecule has 17 heavy (non-hydrogen) atoms. The molecule has 2 N–H and O–H groups in total. The number of methoxy groups -OCH3 is 1. The SMILES string of the molecule is CCOCCC(N)Cc1cc(Cl)ccc1OC. The summed E-state index contributed by atoms with van der Waals surface area (Å²) < 4.78 is 10.6. The number of rotatable bonds is 7. The molecule has 0 saturated carbocycles. The highest BCUT2D eigenvalue weighted by molar-refractivity contribution is 6.30. The number of halogens is 1. The third-order valence-electron chi connectivity index (χ3n) is 2.56. The first-order chi connectivity index (χ1) is 8.17.